The fourth-order valence-electron chi connectivity index (χ4n) is 1.33. The maximum absolute atomic E-state index is 12.7. The van der Waals surface area contributed by atoms with Gasteiger partial charge in [0.05, 0.1) is 6.54 Å². The highest BCUT2D eigenvalue weighted by atomic mass is 19.1. The maximum Gasteiger partial charge on any atom is 0.419 e. The Balaban J connectivity index is 2.19. The van der Waals surface area contributed by atoms with E-state index in [2.05, 4.69) is 4.74 Å². The Morgan fingerprint density at radius 2 is 2.07 bits per heavy atom. The highest BCUT2D eigenvalue weighted by Gasteiger charge is 2.35. The van der Waals surface area contributed by atoms with Gasteiger partial charge in [0.15, 0.2) is 0 Å². The summed E-state index contributed by atoms with van der Waals surface area (Å²) in [6, 6.07) is 8.20. The number of amides is 2. The van der Waals surface area contributed by atoms with Gasteiger partial charge in [-0.15, -0.1) is 0 Å². The number of nitrogens with zero attached hydrogens (tertiary/aromatic N) is 1. The van der Waals surface area contributed by atoms with Crippen LogP contribution in [-0.4, -0.2) is 29.8 Å². The number of carbonyl (C=O) groups is 2. The lowest BCUT2D eigenvalue weighted by molar-refractivity contribution is 0.0574. The highest BCUT2D eigenvalue weighted by molar-refractivity contribution is 6.03. The summed E-state index contributed by atoms with van der Waals surface area (Å²) in [4.78, 5) is 23.5. The van der Waals surface area contributed by atoms with Crippen LogP contribution in [0.25, 0.3) is 0 Å². The van der Waals surface area contributed by atoms with Gasteiger partial charge in [-0.2, -0.15) is 4.39 Å². The molecule has 2 amide bonds. The summed E-state index contributed by atoms with van der Waals surface area (Å²) in [5.74, 6) is -0.541. The van der Waals surface area contributed by atoms with Gasteiger partial charge in [0, 0.05) is 5.56 Å². The SMILES string of the molecule is O=C1OC(F)CN1C(=O)c1ccccc1. The Hall–Kier alpha value is -1.91. The normalized spacial score (nSPS) is 20.2. The van der Waals surface area contributed by atoms with Crippen LogP contribution in [0.4, 0.5) is 9.18 Å². The van der Waals surface area contributed by atoms with Crippen LogP contribution in [0.3, 0.4) is 0 Å². The van der Waals surface area contributed by atoms with E-state index in [-0.39, 0.29) is 6.54 Å². The van der Waals surface area contributed by atoms with E-state index in [0.29, 0.717) is 5.56 Å². The topological polar surface area (TPSA) is 46.6 Å². The van der Waals surface area contributed by atoms with Crippen LogP contribution in [0.15, 0.2) is 30.3 Å². The van der Waals surface area contributed by atoms with Gasteiger partial charge in [0.1, 0.15) is 0 Å². The molecule has 1 aromatic carbocycles. The van der Waals surface area contributed by atoms with Crippen LogP contribution in [0.2, 0.25) is 0 Å². The van der Waals surface area contributed by atoms with Crippen molar-refractivity contribution in [2.24, 2.45) is 0 Å². The molecule has 2 rings (SSSR count). The lowest BCUT2D eigenvalue weighted by atomic mass is 10.2. The van der Waals surface area contributed by atoms with Gasteiger partial charge in [-0.1, -0.05) is 18.2 Å². The summed E-state index contributed by atoms with van der Waals surface area (Å²) in [7, 11) is 0. The molecule has 0 spiro atoms. The van der Waals surface area contributed by atoms with Crippen molar-refractivity contribution in [3.05, 3.63) is 35.9 Å². The summed E-state index contributed by atoms with van der Waals surface area (Å²) >= 11 is 0. The van der Waals surface area contributed by atoms with E-state index in [0.717, 1.165) is 4.90 Å². The van der Waals surface area contributed by atoms with Gasteiger partial charge in [0.2, 0.25) is 0 Å². The molecular formula is C10H8FNO3. The van der Waals surface area contributed by atoms with Gasteiger partial charge < -0.3 is 4.74 Å². The minimum absolute atomic E-state index is 0.337. The minimum Gasteiger partial charge on any atom is -0.413 e. The molecule has 1 unspecified atom stereocenters. The molecule has 1 aromatic rings. The number of hydrogen-bond donors (Lipinski definition) is 0. The Bertz CT molecular complexity index is 393. The molecule has 0 radical (unpaired) electrons. The molecule has 15 heavy (non-hydrogen) atoms. The van der Waals surface area contributed by atoms with Crippen molar-refractivity contribution >= 4 is 12.0 Å². The summed E-state index contributed by atoms with van der Waals surface area (Å²) in [6.45, 7) is -0.341. The first kappa shape index (κ1) is 9.64. The average Bonchev–Trinajstić information content (AvgIpc) is 2.58. The van der Waals surface area contributed by atoms with E-state index in [1.54, 1.807) is 30.3 Å². The highest BCUT2D eigenvalue weighted by Crippen LogP contribution is 2.15. The number of benzene rings is 1. The molecule has 1 atom stereocenters. The summed E-state index contributed by atoms with van der Waals surface area (Å²) < 4.78 is 16.9. The predicted octanol–water partition coefficient (Wildman–Crippen LogP) is 1.57. The molecule has 0 saturated carbocycles. The number of hydrogen-bond acceptors (Lipinski definition) is 3. The molecular weight excluding hydrogens is 201 g/mol. The zero-order valence-electron chi connectivity index (χ0n) is 7.72. The number of alkyl halides is 1. The third kappa shape index (κ3) is 1.81. The lowest BCUT2D eigenvalue weighted by Gasteiger charge is -2.09. The molecule has 0 aromatic heterocycles. The standard InChI is InChI=1S/C10H8FNO3/c11-8-6-12(10(14)15-8)9(13)7-4-2-1-3-5-7/h1-5,8H,6H2. The number of halogens is 1. The molecule has 1 aliphatic heterocycles. The quantitative estimate of drug-likeness (QED) is 0.705. The fourth-order valence-corrected chi connectivity index (χ4v) is 1.33. The Morgan fingerprint density at radius 3 is 2.60 bits per heavy atom. The maximum atomic E-state index is 12.7. The van der Waals surface area contributed by atoms with Crippen LogP contribution in [0.1, 0.15) is 10.4 Å². The predicted molar refractivity (Wildman–Crippen MR) is 48.9 cm³/mol. The van der Waals surface area contributed by atoms with Gasteiger partial charge in [-0.05, 0) is 12.1 Å². The third-order valence-electron chi connectivity index (χ3n) is 2.04. The summed E-state index contributed by atoms with van der Waals surface area (Å²) in [5.41, 5.74) is 0.337. The van der Waals surface area contributed by atoms with Gasteiger partial charge in [-0.25, -0.2) is 9.69 Å². The van der Waals surface area contributed by atoms with Gasteiger partial charge in [0.25, 0.3) is 12.3 Å². The van der Waals surface area contributed by atoms with Crippen LogP contribution in [0.5, 0.6) is 0 Å². The van der Waals surface area contributed by atoms with Crippen molar-refractivity contribution < 1.29 is 18.7 Å². The van der Waals surface area contributed by atoms with E-state index in [1.165, 1.54) is 0 Å². The Labute approximate surface area is 85.2 Å². The van der Waals surface area contributed by atoms with Crippen LogP contribution in [0, 0.1) is 0 Å². The summed E-state index contributed by atoms with van der Waals surface area (Å²) in [5, 5.41) is 0. The molecule has 0 N–H and O–H groups in total. The molecule has 1 saturated heterocycles. The van der Waals surface area contributed by atoms with Crippen LogP contribution in [-0.2, 0) is 4.74 Å². The molecule has 1 aliphatic rings. The Morgan fingerprint density at radius 1 is 1.40 bits per heavy atom. The molecule has 4 nitrogen and oxygen atoms in total. The van der Waals surface area contributed by atoms with E-state index in [1.807, 2.05) is 0 Å². The first-order valence-corrected chi connectivity index (χ1v) is 4.40. The molecule has 1 heterocycles. The zero-order valence-corrected chi connectivity index (χ0v) is 7.72. The van der Waals surface area contributed by atoms with Crippen molar-refractivity contribution in [2.45, 2.75) is 6.36 Å². The number of carbonyl (C=O) groups excluding carboxylic acids is 2. The second-order valence-electron chi connectivity index (χ2n) is 3.08. The molecule has 0 bridgehead atoms. The molecule has 5 heteroatoms. The Kier molecular flexibility index (Phi) is 2.37. The lowest BCUT2D eigenvalue weighted by Crippen LogP contribution is -2.31. The van der Waals surface area contributed by atoms with E-state index >= 15 is 0 Å². The third-order valence-corrected chi connectivity index (χ3v) is 2.04. The zero-order chi connectivity index (χ0) is 10.8. The molecule has 0 aliphatic carbocycles. The molecule has 78 valence electrons. The number of imide groups is 1. The first-order valence-electron chi connectivity index (χ1n) is 4.40. The second-order valence-corrected chi connectivity index (χ2v) is 3.08. The number of ether oxygens (including phenoxy) is 1. The smallest absolute Gasteiger partial charge is 0.413 e. The first-order chi connectivity index (χ1) is 7.18. The van der Waals surface area contributed by atoms with Crippen molar-refractivity contribution in [3.8, 4) is 0 Å². The number of rotatable bonds is 1. The van der Waals surface area contributed by atoms with Crippen LogP contribution < -0.4 is 0 Å². The van der Waals surface area contributed by atoms with Gasteiger partial charge >= 0.3 is 6.09 Å². The van der Waals surface area contributed by atoms with Crippen LogP contribution >= 0.6 is 0 Å². The van der Waals surface area contributed by atoms with Crippen molar-refractivity contribution in [1.82, 2.24) is 4.90 Å². The average molecular weight is 209 g/mol. The van der Waals surface area contributed by atoms with E-state index in [9.17, 15) is 14.0 Å². The van der Waals surface area contributed by atoms with Gasteiger partial charge in [-0.3, -0.25) is 4.79 Å². The summed E-state index contributed by atoms with van der Waals surface area (Å²) in [6.07, 6.45) is -2.65. The molecule has 1 fully saturated rings. The van der Waals surface area contributed by atoms with E-state index in [4.69, 9.17) is 0 Å². The van der Waals surface area contributed by atoms with E-state index < -0.39 is 18.4 Å². The largest absolute Gasteiger partial charge is 0.419 e. The van der Waals surface area contributed by atoms with Crippen molar-refractivity contribution in [2.75, 3.05) is 6.54 Å². The van der Waals surface area contributed by atoms with Crippen molar-refractivity contribution in [3.63, 3.8) is 0 Å². The second kappa shape index (κ2) is 3.68. The monoisotopic (exact) mass is 209 g/mol. The number of cyclic esters (lactones) is 1. The fraction of sp³-hybridized carbons (Fsp3) is 0.200. The minimum atomic E-state index is -1.72. The van der Waals surface area contributed by atoms with Crippen molar-refractivity contribution in [1.29, 1.82) is 0 Å².